The summed E-state index contributed by atoms with van der Waals surface area (Å²) in [6.45, 7) is 0. The highest BCUT2D eigenvalue weighted by Crippen LogP contribution is 2.17. The Morgan fingerprint density at radius 2 is 1.43 bits per heavy atom. The van der Waals surface area contributed by atoms with E-state index in [9.17, 15) is 13.2 Å². The van der Waals surface area contributed by atoms with E-state index in [2.05, 4.69) is 0 Å². The molecule has 78 valence electrons. The molecule has 3 N–H and O–H groups in total. The zero-order valence-electron chi connectivity index (χ0n) is 6.84. The SMILES string of the molecule is O[Si](O)(O)Cc1c(F)cc(F)cc1F. The summed E-state index contributed by atoms with van der Waals surface area (Å²) in [7, 11) is -4.58. The van der Waals surface area contributed by atoms with Crippen LogP contribution in [0.1, 0.15) is 5.56 Å². The van der Waals surface area contributed by atoms with Gasteiger partial charge in [-0.2, -0.15) is 0 Å². The summed E-state index contributed by atoms with van der Waals surface area (Å²) in [5.41, 5.74) is -0.731. The fourth-order valence-electron chi connectivity index (χ4n) is 0.978. The molecule has 0 radical (unpaired) electrons. The molecular formula is C7H7F3O3Si. The van der Waals surface area contributed by atoms with Crippen molar-refractivity contribution in [1.82, 2.24) is 0 Å². The minimum atomic E-state index is -4.58. The molecule has 0 aromatic heterocycles. The van der Waals surface area contributed by atoms with Gasteiger partial charge in [-0.15, -0.1) is 0 Å². The maximum atomic E-state index is 12.9. The molecule has 0 saturated heterocycles. The summed E-state index contributed by atoms with van der Waals surface area (Å²) in [5, 5.41) is 0. The van der Waals surface area contributed by atoms with Crippen LogP contribution in [0, 0.1) is 17.5 Å². The predicted octanol–water partition coefficient (Wildman–Crippen LogP) is 0.101. The minimum absolute atomic E-state index is 0.401. The van der Waals surface area contributed by atoms with Crippen molar-refractivity contribution in [3.05, 3.63) is 35.1 Å². The van der Waals surface area contributed by atoms with E-state index in [4.69, 9.17) is 14.4 Å². The Labute approximate surface area is 78.4 Å². The van der Waals surface area contributed by atoms with Crippen LogP contribution in [0.15, 0.2) is 12.1 Å². The summed E-state index contributed by atoms with van der Waals surface area (Å²) in [6.07, 6.45) is 0. The van der Waals surface area contributed by atoms with Crippen molar-refractivity contribution in [3.63, 3.8) is 0 Å². The van der Waals surface area contributed by atoms with Gasteiger partial charge in [-0.05, 0) is 0 Å². The third-order valence-electron chi connectivity index (χ3n) is 1.52. The number of rotatable bonds is 2. The van der Waals surface area contributed by atoms with Crippen molar-refractivity contribution in [1.29, 1.82) is 0 Å². The van der Waals surface area contributed by atoms with Crippen LogP contribution < -0.4 is 0 Å². The molecule has 0 atom stereocenters. The van der Waals surface area contributed by atoms with Crippen LogP contribution in [0.25, 0.3) is 0 Å². The van der Waals surface area contributed by atoms with Crippen LogP contribution in [0.5, 0.6) is 0 Å². The Morgan fingerprint density at radius 1 is 1.00 bits per heavy atom. The first kappa shape index (κ1) is 11.2. The molecular weight excluding hydrogens is 217 g/mol. The van der Waals surface area contributed by atoms with Crippen LogP contribution in [-0.2, 0) is 6.04 Å². The molecule has 0 saturated carbocycles. The van der Waals surface area contributed by atoms with Gasteiger partial charge in [0.15, 0.2) is 0 Å². The Bertz CT molecular complexity index is 328. The zero-order valence-corrected chi connectivity index (χ0v) is 7.84. The molecule has 0 aliphatic rings. The van der Waals surface area contributed by atoms with Gasteiger partial charge in [0.05, 0.1) is 0 Å². The van der Waals surface area contributed by atoms with E-state index in [1.807, 2.05) is 0 Å². The maximum absolute atomic E-state index is 12.9. The highest BCUT2D eigenvalue weighted by molar-refractivity contribution is 6.55. The van der Waals surface area contributed by atoms with Crippen LogP contribution >= 0.6 is 0 Å². The van der Waals surface area contributed by atoms with Crippen LogP contribution in [0.3, 0.4) is 0 Å². The lowest BCUT2D eigenvalue weighted by molar-refractivity contribution is 0.225. The normalized spacial score (nSPS) is 11.9. The van der Waals surface area contributed by atoms with Gasteiger partial charge in [0, 0.05) is 23.7 Å². The quantitative estimate of drug-likeness (QED) is 0.624. The minimum Gasteiger partial charge on any atom is -0.390 e. The molecule has 1 aromatic carbocycles. The molecule has 0 bridgehead atoms. The number of halogens is 3. The lowest BCUT2D eigenvalue weighted by Gasteiger charge is -2.10. The van der Waals surface area contributed by atoms with Crippen LogP contribution in [0.2, 0.25) is 0 Å². The van der Waals surface area contributed by atoms with E-state index < -0.39 is 37.9 Å². The number of hydrogen-bond donors (Lipinski definition) is 3. The van der Waals surface area contributed by atoms with E-state index in [-0.39, 0.29) is 0 Å². The zero-order chi connectivity index (χ0) is 10.9. The molecule has 0 aliphatic carbocycles. The largest absolute Gasteiger partial charge is 0.497 e. The van der Waals surface area contributed by atoms with E-state index in [1.165, 1.54) is 0 Å². The Hall–Kier alpha value is -0.893. The molecule has 7 heteroatoms. The van der Waals surface area contributed by atoms with Gasteiger partial charge in [0.1, 0.15) is 17.5 Å². The average Bonchev–Trinajstić information content (AvgIpc) is 1.95. The van der Waals surface area contributed by atoms with Gasteiger partial charge in [-0.1, -0.05) is 0 Å². The molecule has 0 amide bonds. The van der Waals surface area contributed by atoms with Crippen molar-refractivity contribution in [2.24, 2.45) is 0 Å². The summed E-state index contributed by atoms with van der Waals surface area (Å²) in [4.78, 5) is 25.8. The Kier molecular flexibility index (Phi) is 2.95. The van der Waals surface area contributed by atoms with Crippen molar-refractivity contribution in [3.8, 4) is 0 Å². The van der Waals surface area contributed by atoms with Gasteiger partial charge in [0.2, 0.25) is 0 Å². The number of benzene rings is 1. The van der Waals surface area contributed by atoms with Crippen molar-refractivity contribution >= 4 is 8.80 Å². The summed E-state index contributed by atoms with van der Waals surface area (Å²) in [5.74, 6) is -3.61. The van der Waals surface area contributed by atoms with Gasteiger partial charge >= 0.3 is 8.80 Å². The molecule has 0 spiro atoms. The Balaban J connectivity index is 3.09. The third-order valence-corrected chi connectivity index (χ3v) is 2.35. The molecule has 14 heavy (non-hydrogen) atoms. The second kappa shape index (κ2) is 3.69. The molecule has 0 fully saturated rings. The number of hydrogen-bond acceptors (Lipinski definition) is 3. The van der Waals surface area contributed by atoms with Crippen molar-refractivity contribution < 1.29 is 27.6 Å². The first-order valence-corrected chi connectivity index (χ1v) is 5.65. The van der Waals surface area contributed by atoms with Crippen molar-refractivity contribution in [2.75, 3.05) is 0 Å². The van der Waals surface area contributed by atoms with Gasteiger partial charge in [-0.3, -0.25) is 0 Å². The maximum Gasteiger partial charge on any atom is 0.497 e. The lowest BCUT2D eigenvalue weighted by atomic mass is 10.2. The highest BCUT2D eigenvalue weighted by Gasteiger charge is 2.30. The van der Waals surface area contributed by atoms with Gasteiger partial charge in [0.25, 0.3) is 0 Å². The van der Waals surface area contributed by atoms with Crippen LogP contribution in [-0.4, -0.2) is 23.2 Å². The van der Waals surface area contributed by atoms with E-state index >= 15 is 0 Å². The smallest absolute Gasteiger partial charge is 0.390 e. The van der Waals surface area contributed by atoms with Gasteiger partial charge < -0.3 is 14.4 Å². The third kappa shape index (κ3) is 2.81. The molecule has 0 aliphatic heterocycles. The molecule has 1 aromatic rings. The summed E-state index contributed by atoms with van der Waals surface area (Å²) < 4.78 is 38.1. The topological polar surface area (TPSA) is 60.7 Å². The van der Waals surface area contributed by atoms with E-state index in [0.717, 1.165) is 0 Å². The lowest BCUT2D eigenvalue weighted by Crippen LogP contribution is -2.38. The first-order valence-electron chi connectivity index (χ1n) is 3.60. The van der Waals surface area contributed by atoms with Gasteiger partial charge in [-0.25, -0.2) is 13.2 Å². The predicted molar refractivity (Wildman–Crippen MR) is 42.4 cm³/mol. The first-order chi connectivity index (χ1) is 6.29. The molecule has 1 rings (SSSR count). The van der Waals surface area contributed by atoms with E-state index in [1.54, 1.807) is 0 Å². The average molecular weight is 224 g/mol. The van der Waals surface area contributed by atoms with E-state index in [0.29, 0.717) is 12.1 Å². The molecule has 0 unspecified atom stereocenters. The Morgan fingerprint density at radius 3 is 1.79 bits per heavy atom. The summed E-state index contributed by atoms with van der Waals surface area (Å²) in [6, 6.07) is -0.137. The standard InChI is InChI=1S/C7H7F3O3Si/c8-4-1-6(9)5(7(10)2-4)3-14(11,12)13/h1-2,11-13H,3H2. The molecule has 3 nitrogen and oxygen atoms in total. The second-order valence-electron chi connectivity index (χ2n) is 2.80. The fraction of sp³-hybridized carbons (Fsp3) is 0.143. The molecule has 0 heterocycles. The monoisotopic (exact) mass is 224 g/mol. The summed E-state index contributed by atoms with van der Waals surface area (Å²) >= 11 is 0. The second-order valence-corrected chi connectivity index (χ2v) is 4.70. The van der Waals surface area contributed by atoms with Crippen LogP contribution in [0.4, 0.5) is 13.2 Å². The fourth-order valence-corrected chi connectivity index (χ4v) is 1.79. The van der Waals surface area contributed by atoms with Crippen molar-refractivity contribution in [2.45, 2.75) is 6.04 Å². The highest BCUT2D eigenvalue weighted by atomic mass is 28.4.